The maximum Gasteiger partial charge on any atom is 0.0770 e. The van der Waals surface area contributed by atoms with Crippen molar-refractivity contribution in [3.63, 3.8) is 0 Å². The zero-order valence-corrected chi connectivity index (χ0v) is 10.6. The number of rotatable bonds is 2. The van der Waals surface area contributed by atoms with E-state index in [4.69, 9.17) is 10.5 Å². The summed E-state index contributed by atoms with van der Waals surface area (Å²) in [5.41, 5.74) is 6.09. The van der Waals surface area contributed by atoms with E-state index in [1.807, 2.05) is 0 Å². The SMILES string of the molecule is CC(N)CC12CC=CCC1C1CC=CCC1O2. The van der Waals surface area contributed by atoms with Crippen LogP contribution in [-0.4, -0.2) is 17.7 Å². The van der Waals surface area contributed by atoms with E-state index in [0.29, 0.717) is 12.0 Å². The van der Waals surface area contributed by atoms with Crippen LogP contribution in [0, 0.1) is 11.8 Å². The Hall–Kier alpha value is -0.600. The van der Waals surface area contributed by atoms with Crippen molar-refractivity contribution < 1.29 is 4.74 Å². The molecule has 3 aliphatic rings. The van der Waals surface area contributed by atoms with Crippen molar-refractivity contribution in [2.75, 3.05) is 0 Å². The number of ether oxygens (including phenoxy) is 1. The van der Waals surface area contributed by atoms with Gasteiger partial charge in [0.1, 0.15) is 0 Å². The monoisotopic (exact) mass is 233 g/mol. The molecule has 1 fully saturated rings. The Kier molecular flexibility index (Phi) is 2.87. The van der Waals surface area contributed by atoms with E-state index in [9.17, 15) is 0 Å². The Morgan fingerprint density at radius 1 is 1.24 bits per heavy atom. The van der Waals surface area contributed by atoms with Crippen LogP contribution in [0.2, 0.25) is 0 Å². The van der Waals surface area contributed by atoms with Gasteiger partial charge in [-0.3, -0.25) is 0 Å². The summed E-state index contributed by atoms with van der Waals surface area (Å²) in [5, 5.41) is 0. The first kappa shape index (κ1) is 11.5. The van der Waals surface area contributed by atoms with Crippen LogP contribution in [0.1, 0.15) is 39.0 Å². The molecule has 0 radical (unpaired) electrons. The van der Waals surface area contributed by atoms with Crippen LogP contribution in [0.4, 0.5) is 0 Å². The molecule has 2 N–H and O–H groups in total. The van der Waals surface area contributed by atoms with Crippen molar-refractivity contribution in [3.05, 3.63) is 24.3 Å². The molecule has 1 heterocycles. The van der Waals surface area contributed by atoms with E-state index in [1.54, 1.807) is 0 Å². The number of hydrogen-bond donors (Lipinski definition) is 1. The topological polar surface area (TPSA) is 35.2 Å². The van der Waals surface area contributed by atoms with Crippen LogP contribution in [0.15, 0.2) is 24.3 Å². The number of allylic oxidation sites excluding steroid dienone is 2. The Bertz CT molecular complexity index is 347. The average Bonchev–Trinajstić information content (AvgIpc) is 2.61. The molecule has 2 nitrogen and oxygen atoms in total. The summed E-state index contributed by atoms with van der Waals surface area (Å²) in [6.45, 7) is 2.10. The van der Waals surface area contributed by atoms with E-state index in [1.165, 1.54) is 12.8 Å². The summed E-state index contributed by atoms with van der Waals surface area (Å²) < 4.78 is 6.49. The van der Waals surface area contributed by atoms with E-state index in [0.717, 1.165) is 25.2 Å². The smallest absolute Gasteiger partial charge is 0.0770 e. The first-order chi connectivity index (χ1) is 8.21. The molecule has 5 atom stereocenters. The molecule has 5 unspecified atom stereocenters. The molecule has 0 saturated carbocycles. The molecule has 1 aliphatic heterocycles. The van der Waals surface area contributed by atoms with Crippen LogP contribution in [0.5, 0.6) is 0 Å². The van der Waals surface area contributed by atoms with E-state index in [-0.39, 0.29) is 11.6 Å². The molecule has 17 heavy (non-hydrogen) atoms. The van der Waals surface area contributed by atoms with Gasteiger partial charge >= 0.3 is 0 Å². The van der Waals surface area contributed by atoms with Gasteiger partial charge in [0.2, 0.25) is 0 Å². The molecule has 2 aliphatic carbocycles. The average molecular weight is 233 g/mol. The van der Waals surface area contributed by atoms with Gasteiger partial charge in [0.15, 0.2) is 0 Å². The molecule has 3 rings (SSSR count). The van der Waals surface area contributed by atoms with Gasteiger partial charge in [0.25, 0.3) is 0 Å². The van der Waals surface area contributed by atoms with Gasteiger partial charge in [-0.05, 0) is 50.9 Å². The molecule has 0 aromatic heterocycles. The van der Waals surface area contributed by atoms with Gasteiger partial charge in [0.05, 0.1) is 11.7 Å². The normalized spacial score (nSPS) is 45.4. The maximum atomic E-state index is 6.49. The Morgan fingerprint density at radius 3 is 2.82 bits per heavy atom. The van der Waals surface area contributed by atoms with E-state index >= 15 is 0 Å². The third kappa shape index (κ3) is 1.88. The molecule has 0 amide bonds. The fourth-order valence-corrected chi connectivity index (χ4v) is 4.09. The summed E-state index contributed by atoms with van der Waals surface area (Å²) in [7, 11) is 0. The van der Waals surface area contributed by atoms with Crippen LogP contribution in [0.3, 0.4) is 0 Å². The molecule has 1 saturated heterocycles. The third-order valence-electron chi connectivity index (χ3n) is 4.69. The number of nitrogens with two attached hydrogens (primary N) is 1. The van der Waals surface area contributed by atoms with Gasteiger partial charge in [-0.1, -0.05) is 24.3 Å². The summed E-state index contributed by atoms with van der Waals surface area (Å²) in [6, 6.07) is 0.233. The molecular weight excluding hydrogens is 210 g/mol. The van der Waals surface area contributed by atoms with E-state index < -0.39 is 0 Å². The predicted octanol–water partition coefficient (Wildman–Crippen LogP) is 2.79. The van der Waals surface area contributed by atoms with Crippen molar-refractivity contribution in [2.45, 2.75) is 56.8 Å². The van der Waals surface area contributed by atoms with Gasteiger partial charge in [-0.15, -0.1) is 0 Å². The summed E-state index contributed by atoms with van der Waals surface area (Å²) >= 11 is 0. The van der Waals surface area contributed by atoms with Crippen molar-refractivity contribution in [1.29, 1.82) is 0 Å². The van der Waals surface area contributed by atoms with Gasteiger partial charge in [-0.25, -0.2) is 0 Å². The van der Waals surface area contributed by atoms with Crippen LogP contribution in [0.25, 0.3) is 0 Å². The van der Waals surface area contributed by atoms with Crippen molar-refractivity contribution >= 4 is 0 Å². The summed E-state index contributed by atoms with van der Waals surface area (Å²) in [6.07, 6.45) is 15.3. The lowest BCUT2D eigenvalue weighted by Gasteiger charge is -2.38. The first-order valence-electron chi connectivity index (χ1n) is 6.95. The van der Waals surface area contributed by atoms with Gasteiger partial charge in [0, 0.05) is 6.04 Å². The second-order valence-corrected chi connectivity index (χ2v) is 6.03. The highest BCUT2D eigenvalue weighted by Gasteiger charge is 2.53. The van der Waals surface area contributed by atoms with Gasteiger partial charge < -0.3 is 10.5 Å². The Labute approximate surface area is 104 Å². The first-order valence-corrected chi connectivity index (χ1v) is 6.95. The molecule has 94 valence electrons. The fraction of sp³-hybridized carbons (Fsp3) is 0.733. The molecule has 0 aromatic carbocycles. The second-order valence-electron chi connectivity index (χ2n) is 6.03. The van der Waals surface area contributed by atoms with Crippen LogP contribution >= 0.6 is 0 Å². The largest absolute Gasteiger partial charge is 0.370 e. The minimum Gasteiger partial charge on any atom is -0.370 e. The highest BCUT2D eigenvalue weighted by Crippen LogP contribution is 2.52. The van der Waals surface area contributed by atoms with Crippen molar-refractivity contribution in [2.24, 2.45) is 17.6 Å². The van der Waals surface area contributed by atoms with Crippen molar-refractivity contribution in [1.82, 2.24) is 0 Å². The van der Waals surface area contributed by atoms with Gasteiger partial charge in [-0.2, -0.15) is 0 Å². The lowest BCUT2D eigenvalue weighted by molar-refractivity contribution is -0.0670. The minimum absolute atomic E-state index is 0.0459. The number of fused-ring (bicyclic) bond motifs is 3. The number of hydrogen-bond acceptors (Lipinski definition) is 2. The Morgan fingerprint density at radius 2 is 2.00 bits per heavy atom. The molecule has 0 spiro atoms. The fourth-order valence-electron chi connectivity index (χ4n) is 4.09. The highest BCUT2D eigenvalue weighted by atomic mass is 16.5. The maximum absolute atomic E-state index is 6.49. The predicted molar refractivity (Wildman–Crippen MR) is 69.6 cm³/mol. The molecule has 0 aromatic rings. The second kappa shape index (κ2) is 4.25. The Balaban J connectivity index is 1.88. The minimum atomic E-state index is 0.0459. The molecule has 2 heteroatoms. The third-order valence-corrected chi connectivity index (χ3v) is 4.69. The molecule has 0 bridgehead atoms. The highest BCUT2D eigenvalue weighted by molar-refractivity contribution is 5.14. The lowest BCUT2D eigenvalue weighted by atomic mass is 9.69. The van der Waals surface area contributed by atoms with Crippen LogP contribution in [-0.2, 0) is 4.74 Å². The summed E-state index contributed by atoms with van der Waals surface area (Å²) in [5.74, 6) is 1.41. The van der Waals surface area contributed by atoms with Crippen LogP contribution < -0.4 is 5.73 Å². The lowest BCUT2D eigenvalue weighted by Crippen LogP contribution is -2.42. The van der Waals surface area contributed by atoms with E-state index in [2.05, 4.69) is 31.2 Å². The standard InChI is InChI=1S/C15H23NO/c1-11(16)10-15-9-5-4-7-13(15)12-6-2-3-8-14(12)17-15/h2-5,11-14H,6-10,16H2,1H3. The van der Waals surface area contributed by atoms with Crippen molar-refractivity contribution in [3.8, 4) is 0 Å². The molecular formula is C15H23NO. The summed E-state index contributed by atoms with van der Waals surface area (Å²) in [4.78, 5) is 0. The zero-order valence-electron chi connectivity index (χ0n) is 10.6. The zero-order chi connectivity index (χ0) is 11.9. The quantitative estimate of drug-likeness (QED) is 0.744.